The molecule has 1 N–H and O–H groups in total. The van der Waals surface area contributed by atoms with Gasteiger partial charge in [-0.3, -0.25) is 10.1 Å². The molecular formula is C24H30N2O3S. The lowest BCUT2D eigenvalue weighted by molar-refractivity contribution is -0.169. The molecule has 0 bridgehead atoms. The molecule has 2 aromatic carbocycles. The zero-order chi connectivity index (χ0) is 21.2. The number of thiocarbonyl (C=S) groups is 1. The first-order valence-corrected chi connectivity index (χ1v) is 11.0. The van der Waals surface area contributed by atoms with Gasteiger partial charge in [-0.1, -0.05) is 55.5 Å². The molecule has 1 aliphatic heterocycles. The summed E-state index contributed by atoms with van der Waals surface area (Å²) in [7, 11) is 0. The fraction of sp³-hybridized carbons (Fsp3) is 0.417. The highest BCUT2D eigenvalue weighted by Gasteiger charge is 2.26. The van der Waals surface area contributed by atoms with Crippen LogP contribution >= 0.6 is 12.2 Å². The van der Waals surface area contributed by atoms with E-state index < -0.39 is 0 Å². The van der Waals surface area contributed by atoms with Gasteiger partial charge in [0.25, 0.3) is 5.91 Å². The molecule has 2 atom stereocenters. The van der Waals surface area contributed by atoms with Crippen LogP contribution in [0.5, 0.6) is 0 Å². The van der Waals surface area contributed by atoms with Crippen molar-refractivity contribution in [3.05, 3.63) is 71.8 Å². The first-order valence-electron chi connectivity index (χ1n) is 10.6. The van der Waals surface area contributed by atoms with Crippen molar-refractivity contribution >= 4 is 23.2 Å². The van der Waals surface area contributed by atoms with Crippen molar-refractivity contribution in [2.45, 2.75) is 44.9 Å². The minimum Gasteiger partial charge on any atom is -0.353 e. The van der Waals surface area contributed by atoms with Crippen LogP contribution in [-0.2, 0) is 9.47 Å². The van der Waals surface area contributed by atoms with E-state index in [0.717, 1.165) is 37.9 Å². The third-order valence-electron chi connectivity index (χ3n) is 5.12. The van der Waals surface area contributed by atoms with E-state index in [0.29, 0.717) is 23.8 Å². The molecule has 2 aromatic rings. The van der Waals surface area contributed by atoms with Gasteiger partial charge < -0.3 is 14.4 Å². The predicted molar refractivity (Wildman–Crippen MR) is 122 cm³/mol. The SMILES string of the molecule is CCCN(C(=S)NC(=O)c1ccccc1)C(COC1CCCCO1)c1ccccc1. The van der Waals surface area contributed by atoms with Crippen molar-refractivity contribution in [3.63, 3.8) is 0 Å². The number of nitrogens with zero attached hydrogens (tertiary/aromatic N) is 1. The fourth-order valence-electron chi connectivity index (χ4n) is 3.55. The molecule has 3 rings (SSSR count). The second kappa shape index (κ2) is 11.8. The molecule has 30 heavy (non-hydrogen) atoms. The van der Waals surface area contributed by atoms with Crippen LogP contribution in [0.15, 0.2) is 60.7 Å². The van der Waals surface area contributed by atoms with Gasteiger partial charge in [-0.05, 0) is 55.6 Å². The average Bonchev–Trinajstić information content (AvgIpc) is 2.80. The average molecular weight is 427 g/mol. The quantitative estimate of drug-likeness (QED) is 0.620. The number of ether oxygens (including phenoxy) is 2. The highest BCUT2D eigenvalue weighted by Crippen LogP contribution is 2.24. The summed E-state index contributed by atoms with van der Waals surface area (Å²) in [4.78, 5) is 14.7. The van der Waals surface area contributed by atoms with Crippen LogP contribution in [0.2, 0.25) is 0 Å². The molecule has 2 unspecified atom stereocenters. The summed E-state index contributed by atoms with van der Waals surface area (Å²) >= 11 is 5.67. The van der Waals surface area contributed by atoms with Crippen molar-refractivity contribution in [1.82, 2.24) is 10.2 Å². The monoisotopic (exact) mass is 426 g/mol. The predicted octanol–water partition coefficient (Wildman–Crippen LogP) is 4.70. The molecular weight excluding hydrogens is 396 g/mol. The number of nitrogens with one attached hydrogen (secondary N) is 1. The first-order chi connectivity index (χ1) is 14.7. The maximum atomic E-state index is 12.7. The molecule has 160 valence electrons. The molecule has 6 heteroatoms. The number of carbonyl (C=O) groups excluding carboxylic acids is 1. The number of amides is 1. The summed E-state index contributed by atoms with van der Waals surface area (Å²) in [5, 5.41) is 3.31. The molecule has 0 aromatic heterocycles. The van der Waals surface area contributed by atoms with Gasteiger partial charge >= 0.3 is 0 Å². The summed E-state index contributed by atoms with van der Waals surface area (Å²) in [6.45, 7) is 3.99. The van der Waals surface area contributed by atoms with E-state index in [1.54, 1.807) is 12.1 Å². The Kier molecular flexibility index (Phi) is 8.81. The fourth-order valence-corrected chi connectivity index (χ4v) is 3.86. The summed E-state index contributed by atoms with van der Waals surface area (Å²) in [6.07, 6.45) is 3.82. The Labute approximate surface area is 184 Å². The second-order valence-corrected chi connectivity index (χ2v) is 7.76. The van der Waals surface area contributed by atoms with Gasteiger partial charge in [0.15, 0.2) is 11.4 Å². The van der Waals surface area contributed by atoms with Gasteiger partial charge in [0.1, 0.15) is 0 Å². The molecule has 1 fully saturated rings. The van der Waals surface area contributed by atoms with Crippen molar-refractivity contribution < 1.29 is 14.3 Å². The highest BCUT2D eigenvalue weighted by molar-refractivity contribution is 7.80. The van der Waals surface area contributed by atoms with Gasteiger partial charge in [-0.15, -0.1) is 0 Å². The van der Waals surface area contributed by atoms with Crippen LogP contribution in [0.3, 0.4) is 0 Å². The van der Waals surface area contributed by atoms with E-state index in [-0.39, 0.29) is 18.2 Å². The summed E-state index contributed by atoms with van der Waals surface area (Å²) < 4.78 is 11.9. The molecule has 1 aliphatic rings. The van der Waals surface area contributed by atoms with Crippen LogP contribution in [-0.4, -0.2) is 42.0 Å². The van der Waals surface area contributed by atoms with E-state index in [1.165, 1.54) is 0 Å². The summed E-state index contributed by atoms with van der Waals surface area (Å²) in [6, 6.07) is 19.2. The minimum atomic E-state index is -0.204. The molecule has 1 amide bonds. The normalized spacial score (nSPS) is 17.2. The van der Waals surface area contributed by atoms with E-state index in [1.807, 2.05) is 41.3 Å². The topological polar surface area (TPSA) is 50.8 Å². The Balaban J connectivity index is 1.75. The largest absolute Gasteiger partial charge is 0.353 e. The first kappa shape index (κ1) is 22.4. The summed E-state index contributed by atoms with van der Waals surface area (Å²) in [5.41, 5.74) is 1.68. The number of carbonyl (C=O) groups is 1. The van der Waals surface area contributed by atoms with Crippen molar-refractivity contribution in [2.75, 3.05) is 19.8 Å². The van der Waals surface area contributed by atoms with Gasteiger partial charge in [-0.2, -0.15) is 0 Å². The smallest absolute Gasteiger partial charge is 0.257 e. The summed E-state index contributed by atoms with van der Waals surface area (Å²) in [5.74, 6) is -0.204. The molecule has 5 nitrogen and oxygen atoms in total. The highest BCUT2D eigenvalue weighted by atomic mass is 32.1. The Morgan fingerprint density at radius 3 is 2.50 bits per heavy atom. The Bertz CT molecular complexity index is 795. The lowest BCUT2D eigenvalue weighted by Gasteiger charge is -2.35. The number of hydrogen-bond donors (Lipinski definition) is 1. The molecule has 1 saturated heterocycles. The number of rotatable bonds is 8. The molecule has 0 aliphatic carbocycles. The maximum absolute atomic E-state index is 12.7. The van der Waals surface area contributed by atoms with Crippen LogP contribution in [0.25, 0.3) is 0 Å². The van der Waals surface area contributed by atoms with Gasteiger partial charge in [0, 0.05) is 18.7 Å². The standard InChI is InChI=1S/C24H30N2O3S/c1-2-16-26(24(30)25-23(27)20-13-7-4-8-14-20)21(19-11-5-3-6-12-19)18-29-22-15-9-10-17-28-22/h3-8,11-14,21-22H,2,9-10,15-18H2,1H3,(H,25,27,30). The van der Waals surface area contributed by atoms with Gasteiger partial charge in [0.2, 0.25) is 0 Å². The van der Waals surface area contributed by atoms with Crippen LogP contribution < -0.4 is 5.32 Å². The molecule has 0 saturated carbocycles. The molecule has 0 radical (unpaired) electrons. The van der Waals surface area contributed by atoms with Crippen molar-refractivity contribution in [2.24, 2.45) is 0 Å². The van der Waals surface area contributed by atoms with Crippen molar-refractivity contribution in [1.29, 1.82) is 0 Å². The Morgan fingerprint density at radius 1 is 1.17 bits per heavy atom. The minimum absolute atomic E-state index is 0.111. The van der Waals surface area contributed by atoms with Gasteiger partial charge in [0.05, 0.1) is 12.6 Å². The van der Waals surface area contributed by atoms with Gasteiger partial charge in [-0.25, -0.2) is 0 Å². The van der Waals surface area contributed by atoms with Crippen LogP contribution in [0.1, 0.15) is 54.6 Å². The van der Waals surface area contributed by atoms with Crippen LogP contribution in [0.4, 0.5) is 0 Å². The maximum Gasteiger partial charge on any atom is 0.257 e. The lowest BCUT2D eigenvalue weighted by Crippen LogP contribution is -2.46. The van der Waals surface area contributed by atoms with Crippen LogP contribution in [0, 0.1) is 0 Å². The van der Waals surface area contributed by atoms with Crippen molar-refractivity contribution in [3.8, 4) is 0 Å². The van der Waals surface area contributed by atoms with E-state index >= 15 is 0 Å². The number of hydrogen-bond acceptors (Lipinski definition) is 4. The zero-order valence-electron chi connectivity index (χ0n) is 17.5. The van der Waals surface area contributed by atoms with E-state index in [2.05, 4.69) is 24.4 Å². The number of benzene rings is 2. The van der Waals surface area contributed by atoms with E-state index in [4.69, 9.17) is 21.7 Å². The Hall–Kier alpha value is -2.28. The van der Waals surface area contributed by atoms with E-state index in [9.17, 15) is 4.79 Å². The Morgan fingerprint density at radius 2 is 1.87 bits per heavy atom. The third-order valence-corrected chi connectivity index (χ3v) is 5.46. The molecule has 1 heterocycles. The lowest BCUT2D eigenvalue weighted by atomic mass is 10.1. The second-order valence-electron chi connectivity index (χ2n) is 7.37. The zero-order valence-corrected chi connectivity index (χ0v) is 18.3. The third kappa shape index (κ3) is 6.36. The molecule has 0 spiro atoms.